The minimum absolute atomic E-state index is 0. The number of nitrogens with two attached hydrogens (primary N) is 1. The molecule has 2 aromatic rings. The summed E-state index contributed by atoms with van der Waals surface area (Å²) < 4.78 is 9.83. The molecule has 2 rings (SSSR count). The van der Waals surface area contributed by atoms with E-state index < -0.39 is 5.97 Å². The van der Waals surface area contributed by atoms with Crippen LogP contribution in [-0.4, -0.2) is 37.1 Å². The highest BCUT2D eigenvalue weighted by Crippen LogP contribution is 2.14. The third-order valence-corrected chi connectivity index (χ3v) is 3.99. The number of hydrogen-bond acceptors (Lipinski definition) is 7. The average molecular weight is 386 g/mol. The number of amides is 1. The SMILES string of the molecule is COC(=O)COc1cccc(CNC(=O)c2csc(CCN)n2)c1.Cl. The first-order valence-corrected chi connectivity index (χ1v) is 8.21. The van der Waals surface area contributed by atoms with Crippen LogP contribution in [0.1, 0.15) is 21.1 Å². The van der Waals surface area contributed by atoms with Crippen LogP contribution in [0.5, 0.6) is 5.75 Å². The molecule has 0 aliphatic carbocycles. The molecule has 7 nitrogen and oxygen atoms in total. The van der Waals surface area contributed by atoms with Gasteiger partial charge < -0.3 is 20.5 Å². The molecule has 136 valence electrons. The molecule has 3 N–H and O–H groups in total. The van der Waals surface area contributed by atoms with Crippen molar-refractivity contribution < 1.29 is 19.1 Å². The van der Waals surface area contributed by atoms with Crippen LogP contribution in [-0.2, 0) is 22.5 Å². The summed E-state index contributed by atoms with van der Waals surface area (Å²) in [6.45, 7) is 0.681. The number of carbonyl (C=O) groups excluding carboxylic acids is 2. The summed E-state index contributed by atoms with van der Waals surface area (Å²) in [7, 11) is 1.30. The van der Waals surface area contributed by atoms with E-state index in [-0.39, 0.29) is 24.9 Å². The normalized spacial score (nSPS) is 9.84. The number of methoxy groups -OCH3 is 1. The van der Waals surface area contributed by atoms with Crippen LogP contribution < -0.4 is 15.8 Å². The number of esters is 1. The van der Waals surface area contributed by atoms with Crippen LogP contribution in [0.2, 0.25) is 0 Å². The minimum Gasteiger partial charge on any atom is -0.482 e. The molecule has 0 unspecified atom stereocenters. The van der Waals surface area contributed by atoms with Crippen LogP contribution in [0.25, 0.3) is 0 Å². The molecule has 1 aromatic heterocycles. The summed E-state index contributed by atoms with van der Waals surface area (Å²) >= 11 is 1.42. The molecular formula is C16H20ClN3O4S. The zero-order chi connectivity index (χ0) is 17.4. The van der Waals surface area contributed by atoms with Gasteiger partial charge in [0.05, 0.1) is 12.1 Å². The van der Waals surface area contributed by atoms with E-state index in [1.807, 2.05) is 6.07 Å². The fraction of sp³-hybridized carbons (Fsp3) is 0.312. The number of halogens is 1. The molecule has 25 heavy (non-hydrogen) atoms. The third-order valence-electron chi connectivity index (χ3n) is 3.08. The van der Waals surface area contributed by atoms with E-state index >= 15 is 0 Å². The first kappa shape index (κ1) is 20.9. The van der Waals surface area contributed by atoms with Crippen molar-refractivity contribution in [2.75, 3.05) is 20.3 Å². The zero-order valence-electron chi connectivity index (χ0n) is 13.7. The lowest BCUT2D eigenvalue weighted by Crippen LogP contribution is -2.23. The van der Waals surface area contributed by atoms with Crippen molar-refractivity contribution in [2.24, 2.45) is 5.73 Å². The number of carbonyl (C=O) groups is 2. The number of benzene rings is 1. The third kappa shape index (κ3) is 6.69. The smallest absolute Gasteiger partial charge is 0.343 e. The van der Waals surface area contributed by atoms with E-state index in [0.717, 1.165) is 10.6 Å². The highest BCUT2D eigenvalue weighted by Gasteiger charge is 2.10. The Morgan fingerprint density at radius 2 is 2.16 bits per heavy atom. The van der Waals surface area contributed by atoms with Crippen LogP contribution >= 0.6 is 23.7 Å². The van der Waals surface area contributed by atoms with E-state index in [9.17, 15) is 9.59 Å². The Morgan fingerprint density at radius 1 is 1.36 bits per heavy atom. The van der Waals surface area contributed by atoms with Crippen LogP contribution in [0.3, 0.4) is 0 Å². The van der Waals surface area contributed by atoms with Gasteiger partial charge in [-0.2, -0.15) is 0 Å². The predicted octanol–water partition coefficient (Wildman–Crippen LogP) is 1.55. The van der Waals surface area contributed by atoms with E-state index in [1.165, 1.54) is 18.4 Å². The van der Waals surface area contributed by atoms with Crippen LogP contribution in [0, 0.1) is 0 Å². The Bertz CT molecular complexity index is 708. The molecule has 0 saturated carbocycles. The molecule has 0 fully saturated rings. The number of nitrogens with one attached hydrogen (secondary N) is 1. The molecule has 1 amide bonds. The van der Waals surface area contributed by atoms with Crippen molar-refractivity contribution in [2.45, 2.75) is 13.0 Å². The van der Waals surface area contributed by atoms with Gasteiger partial charge in [0, 0.05) is 18.3 Å². The highest BCUT2D eigenvalue weighted by atomic mass is 35.5. The second-order valence-corrected chi connectivity index (χ2v) is 5.80. The number of aromatic nitrogens is 1. The van der Waals surface area contributed by atoms with Gasteiger partial charge in [0.15, 0.2) is 6.61 Å². The summed E-state index contributed by atoms with van der Waals surface area (Å²) in [6.07, 6.45) is 0.664. The van der Waals surface area contributed by atoms with Gasteiger partial charge in [0.2, 0.25) is 0 Å². The van der Waals surface area contributed by atoms with Crippen molar-refractivity contribution in [1.29, 1.82) is 0 Å². The quantitative estimate of drug-likeness (QED) is 0.668. The second kappa shape index (κ2) is 10.7. The van der Waals surface area contributed by atoms with Gasteiger partial charge in [0.25, 0.3) is 5.91 Å². The number of nitrogens with zero attached hydrogens (tertiary/aromatic N) is 1. The summed E-state index contributed by atoms with van der Waals surface area (Å²) in [5.41, 5.74) is 6.71. The van der Waals surface area contributed by atoms with Crippen molar-refractivity contribution in [3.63, 3.8) is 0 Å². The highest BCUT2D eigenvalue weighted by molar-refractivity contribution is 7.09. The maximum absolute atomic E-state index is 12.1. The molecular weight excluding hydrogens is 366 g/mol. The van der Waals surface area contributed by atoms with Crippen molar-refractivity contribution in [1.82, 2.24) is 10.3 Å². The number of rotatable bonds is 8. The monoisotopic (exact) mass is 385 g/mol. The molecule has 9 heteroatoms. The lowest BCUT2D eigenvalue weighted by atomic mass is 10.2. The lowest BCUT2D eigenvalue weighted by Gasteiger charge is -2.08. The summed E-state index contributed by atoms with van der Waals surface area (Å²) in [5, 5.41) is 5.37. The molecule has 0 radical (unpaired) electrons. The van der Waals surface area contributed by atoms with Crippen LogP contribution in [0.15, 0.2) is 29.6 Å². The Kier molecular flexibility index (Phi) is 8.90. The summed E-state index contributed by atoms with van der Waals surface area (Å²) in [6, 6.07) is 7.13. The number of ether oxygens (including phenoxy) is 2. The largest absolute Gasteiger partial charge is 0.482 e. The Labute approximate surface area is 155 Å². The van der Waals surface area contributed by atoms with E-state index in [2.05, 4.69) is 15.0 Å². The molecule has 0 spiro atoms. The fourth-order valence-electron chi connectivity index (χ4n) is 1.87. The van der Waals surface area contributed by atoms with Gasteiger partial charge in [-0.3, -0.25) is 4.79 Å². The zero-order valence-corrected chi connectivity index (χ0v) is 15.3. The van der Waals surface area contributed by atoms with Gasteiger partial charge in [-0.15, -0.1) is 23.7 Å². The van der Waals surface area contributed by atoms with Gasteiger partial charge in [-0.1, -0.05) is 12.1 Å². The maximum atomic E-state index is 12.1. The average Bonchev–Trinajstić information content (AvgIpc) is 3.07. The Hall–Kier alpha value is -2.16. The molecule has 0 atom stereocenters. The van der Waals surface area contributed by atoms with E-state index in [4.69, 9.17) is 10.5 Å². The Morgan fingerprint density at radius 3 is 2.88 bits per heavy atom. The molecule has 1 aromatic carbocycles. The summed E-state index contributed by atoms with van der Waals surface area (Å²) in [5.74, 6) is -0.160. The lowest BCUT2D eigenvalue weighted by molar-refractivity contribution is -0.142. The minimum atomic E-state index is -0.453. The van der Waals surface area contributed by atoms with Crippen molar-refractivity contribution in [3.8, 4) is 5.75 Å². The van der Waals surface area contributed by atoms with Crippen LogP contribution in [0.4, 0.5) is 0 Å². The van der Waals surface area contributed by atoms with Gasteiger partial charge >= 0.3 is 5.97 Å². The predicted molar refractivity (Wildman–Crippen MR) is 97.2 cm³/mol. The molecule has 0 saturated heterocycles. The topological polar surface area (TPSA) is 104 Å². The van der Waals surface area contributed by atoms with Gasteiger partial charge in [-0.05, 0) is 24.2 Å². The molecule has 0 aliphatic heterocycles. The fourth-order valence-corrected chi connectivity index (χ4v) is 2.67. The van der Waals surface area contributed by atoms with Crippen molar-refractivity contribution >= 4 is 35.6 Å². The number of hydrogen-bond donors (Lipinski definition) is 2. The molecule has 0 bridgehead atoms. The van der Waals surface area contributed by atoms with E-state index in [1.54, 1.807) is 23.6 Å². The first-order chi connectivity index (χ1) is 11.6. The van der Waals surface area contributed by atoms with Gasteiger partial charge in [0.1, 0.15) is 11.4 Å². The molecule has 1 heterocycles. The second-order valence-electron chi connectivity index (χ2n) is 4.86. The maximum Gasteiger partial charge on any atom is 0.343 e. The number of thiazole rings is 1. The first-order valence-electron chi connectivity index (χ1n) is 7.33. The molecule has 0 aliphatic rings. The summed E-state index contributed by atoms with van der Waals surface area (Å²) in [4.78, 5) is 27.4. The standard InChI is InChI=1S/C16H19N3O4S.ClH/c1-22-15(20)9-23-12-4-2-3-11(7-12)8-18-16(21)13-10-24-14(19-13)5-6-17;/h2-4,7,10H,5-6,8-9,17H2,1H3,(H,18,21);1H. The van der Waals surface area contributed by atoms with E-state index in [0.29, 0.717) is 31.0 Å². The Balaban J connectivity index is 0.00000312. The van der Waals surface area contributed by atoms with Gasteiger partial charge in [-0.25, -0.2) is 9.78 Å². The van der Waals surface area contributed by atoms with Crippen molar-refractivity contribution in [3.05, 3.63) is 45.9 Å².